The Morgan fingerprint density at radius 2 is 2.00 bits per heavy atom. The third-order valence-electron chi connectivity index (χ3n) is 2.89. The van der Waals surface area contributed by atoms with Gasteiger partial charge in [0.2, 0.25) is 0 Å². The highest BCUT2D eigenvalue weighted by Gasteiger charge is 2.18. The Morgan fingerprint density at radius 1 is 1.29 bits per heavy atom. The number of sulfone groups is 1. The van der Waals surface area contributed by atoms with Crippen molar-refractivity contribution in [3.63, 3.8) is 0 Å². The average molecular weight is 268 g/mol. The number of hydrogen-bond acceptors (Lipinski definition) is 3. The smallest absolute Gasteiger partial charge is 0.157 e. The molecule has 0 saturated carbocycles. The summed E-state index contributed by atoms with van der Waals surface area (Å²) in [6, 6.07) is 8.11. The molecule has 0 aliphatic heterocycles. The molecule has 0 N–H and O–H groups in total. The standard InChI is InChI=1S/C13H16O2S2/c1-9(2)17(14,15)8-11-7-12-10(3)5-4-6-13(12)16-11/h4-7,9H,8H2,1-3H3. The molecule has 1 heterocycles. The Bertz CT molecular complexity index is 636. The topological polar surface area (TPSA) is 34.1 Å². The van der Waals surface area contributed by atoms with E-state index in [2.05, 4.69) is 13.0 Å². The molecule has 0 spiro atoms. The van der Waals surface area contributed by atoms with E-state index in [0.29, 0.717) is 0 Å². The van der Waals surface area contributed by atoms with Crippen molar-refractivity contribution in [1.82, 2.24) is 0 Å². The van der Waals surface area contributed by atoms with Crippen molar-refractivity contribution in [3.8, 4) is 0 Å². The normalized spacial score (nSPS) is 12.5. The van der Waals surface area contributed by atoms with Gasteiger partial charge in [-0.3, -0.25) is 0 Å². The van der Waals surface area contributed by atoms with Crippen molar-refractivity contribution < 1.29 is 8.42 Å². The Kier molecular flexibility index (Phi) is 3.27. The zero-order valence-corrected chi connectivity index (χ0v) is 11.9. The van der Waals surface area contributed by atoms with Gasteiger partial charge in [-0.1, -0.05) is 12.1 Å². The molecule has 0 fully saturated rings. The van der Waals surface area contributed by atoms with E-state index in [1.54, 1.807) is 25.2 Å². The summed E-state index contributed by atoms with van der Waals surface area (Å²) in [6.45, 7) is 5.51. The lowest BCUT2D eigenvalue weighted by molar-refractivity contribution is 0.587. The van der Waals surface area contributed by atoms with E-state index in [-0.39, 0.29) is 11.0 Å². The van der Waals surface area contributed by atoms with Crippen LogP contribution >= 0.6 is 11.3 Å². The third kappa shape index (κ3) is 2.53. The predicted octanol–water partition coefficient (Wildman–Crippen LogP) is 3.53. The van der Waals surface area contributed by atoms with Gasteiger partial charge in [-0.15, -0.1) is 11.3 Å². The zero-order chi connectivity index (χ0) is 12.6. The van der Waals surface area contributed by atoms with Gasteiger partial charge in [0.05, 0.1) is 11.0 Å². The first-order valence-corrected chi connectivity index (χ1v) is 8.13. The van der Waals surface area contributed by atoms with Gasteiger partial charge >= 0.3 is 0 Å². The van der Waals surface area contributed by atoms with Gasteiger partial charge in [-0.25, -0.2) is 8.42 Å². The molecule has 0 aliphatic rings. The SMILES string of the molecule is Cc1cccc2sc(CS(=O)(=O)C(C)C)cc12. The highest BCUT2D eigenvalue weighted by molar-refractivity contribution is 7.91. The first-order chi connectivity index (χ1) is 7.90. The van der Waals surface area contributed by atoms with Crippen molar-refractivity contribution in [2.24, 2.45) is 0 Å². The molecule has 2 nitrogen and oxygen atoms in total. The largest absolute Gasteiger partial charge is 0.228 e. The minimum atomic E-state index is -3.00. The molecule has 0 saturated heterocycles. The number of hydrogen-bond donors (Lipinski definition) is 0. The van der Waals surface area contributed by atoms with Crippen LogP contribution in [0.3, 0.4) is 0 Å². The van der Waals surface area contributed by atoms with Crippen LogP contribution in [0.1, 0.15) is 24.3 Å². The van der Waals surface area contributed by atoms with Gasteiger partial charge < -0.3 is 0 Å². The number of benzene rings is 1. The van der Waals surface area contributed by atoms with Gasteiger partial charge in [0.25, 0.3) is 0 Å². The average Bonchev–Trinajstić information content (AvgIpc) is 2.60. The van der Waals surface area contributed by atoms with E-state index >= 15 is 0 Å². The Morgan fingerprint density at radius 3 is 2.59 bits per heavy atom. The molecule has 92 valence electrons. The highest BCUT2D eigenvalue weighted by atomic mass is 32.2. The van der Waals surface area contributed by atoms with Crippen molar-refractivity contribution in [2.75, 3.05) is 0 Å². The molecular formula is C13H16O2S2. The molecule has 0 unspecified atom stereocenters. The Labute approximate surface area is 106 Å². The number of aryl methyl sites for hydroxylation is 1. The predicted molar refractivity (Wildman–Crippen MR) is 74.3 cm³/mol. The summed E-state index contributed by atoms with van der Waals surface area (Å²) in [5, 5.41) is 0.861. The van der Waals surface area contributed by atoms with Crippen LogP contribution in [0.5, 0.6) is 0 Å². The lowest BCUT2D eigenvalue weighted by Gasteiger charge is -2.04. The van der Waals surface area contributed by atoms with Crippen LogP contribution in [0, 0.1) is 6.92 Å². The number of thiophene rings is 1. The maximum absolute atomic E-state index is 11.9. The second-order valence-corrected chi connectivity index (χ2v) is 8.28. The third-order valence-corrected chi connectivity index (χ3v) is 6.33. The minimum Gasteiger partial charge on any atom is -0.228 e. The summed E-state index contributed by atoms with van der Waals surface area (Å²) in [5.74, 6) is 0.156. The second-order valence-electron chi connectivity index (χ2n) is 4.56. The molecule has 2 rings (SSSR count). The summed E-state index contributed by atoms with van der Waals surface area (Å²) in [4.78, 5) is 0.933. The first kappa shape index (κ1) is 12.6. The molecule has 1 aromatic carbocycles. The summed E-state index contributed by atoms with van der Waals surface area (Å²) in [7, 11) is -3.00. The molecule has 0 atom stereocenters. The van der Waals surface area contributed by atoms with E-state index in [1.807, 2.05) is 18.2 Å². The van der Waals surface area contributed by atoms with E-state index in [1.165, 1.54) is 15.6 Å². The molecule has 0 amide bonds. The van der Waals surface area contributed by atoms with Crippen LogP contribution in [0.2, 0.25) is 0 Å². The van der Waals surface area contributed by atoms with Crippen LogP contribution in [-0.2, 0) is 15.6 Å². The van der Waals surface area contributed by atoms with E-state index in [9.17, 15) is 8.42 Å². The van der Waals surface area contributed by atoms with Crippen LogP contribution in [0.25, 0.3) is 10.1 Å². The summed E-state index contributed by atoms with van der Waals surface area (Å²) < 4.78 is 24.9. The van der Waals surface area contributed by atoms with Crippen molar-refractivity contribution >= 4 is 31.3 Å². The minimum absolute atomic E-state index is 0.156. The number of fused-ring (bicyclic) bond motifs is 1. The lowest BCUT2D eigenvalue weighted by Crippen LogP contribution is -2.15. The van der Waals surface area contributed by atoms with Gasteiger partial charge in [-0.05, 0) is 43.9 Å². The van der Waals surface area contributed by atoms with Crippen molar-refractivity contribution in [3.05, 3.63) is 34.7 Å². The number of rotatable bonds is 3. The van der Waals surface area contributed by atoms with Crippen LogP contribution in [0.4, 0.5) is 0 Å². The van der Waals surface area contributed by atoms with Gasteiger partial charge in [0.15, 0.2) is 9.84 Å². The zero-order valence-electron chi connectivity index (χ0n) is 10.2. The maximum Gasteiger partial charge on any atom is 0.157 e. The molecule has 0 radical (unpaired) electrons. The Balaban J connectivity index is 2.42. The molecule has 4 heteroatoms. The fraction of sp³-hybridized carbons (Fsp3) is 0.385. The quantitative estimate of drug-likeness (QED) is 0.853. The van der Waals surface area contributed by atoms with Gasteiger partial charge in [0.1, 0.15) is 0 Å². The first-order valence-electron chi connectivity index (χ1n) is 5.60. The monoisotopic (exact) mass is 268 g/mol. The molecule has 1 aromatic heterocycles. The lowest BCUT2D eigenvalue weighted by atomic mass is 10.1. The van der Waals surface area contributed by atoms with Gasteiger partial charge in [0, 0.05) is 9.58 Å². The van der Waals surface area contributed by atoms with Crippen LogP contribution in [-0.4, -0.2) is 13.7 Å². The molecule has 0 bridgehead atoms. The van der Waals surface area contributed by atoms with E-state index in [0.717, 1.165) is 4.88 Å². The molecule has 2 aromatic rings. The summed E-state index contributed by atoms with van der Waals surface area (Å²) in [5.41, 5.74) is 1.20. The summed E-state index contributed by atoms with van der Waals surface area (Å²) in [6.07, 6.45) is 0. The van der Waals surface area contributed by atoms with Crippen LogP contribution < -0.4 is 0 Å². The Hall–Kier alpha value is -0.870. The molecule has 17 heavy (non-hydrogen) atoms. The highest BCUT2D eigenvalue weighted by Crippen LogP contribution is 2.29. The molecule has 0 aliphatic carbocycles. The van der Waals surface area contributed by atoms with Crippen molar-refractivity contribution in [1.29, 1.82) is 0 Å². The fourth-order valence-electron chi connectivity index (χ4n) is 1.70. The van der Waals surface area contributed by atoms with Gasteiger partial charge in [-0.2, -0.15) is 0 Å². The van der Waals surface area contributed by atoms with Crippen LogP contribution in [0.15, 0.2) is 24.3 Å². The van der Waals surface area contributed by atoms with E-state index < -0.39 is 9.84 Å². The molecular weight excluding hydrogens is 252 g/mol. The maximum atomic E-state index is 11.9. The second kappa shape index (κ2) is 4.42. The van der Waals surface area contributed by atoms with Crippen molar-refractivity contribution in [2.45, 2.75) is 31.8 Å². The summed E-state index contributed by atoms with van der Waals surface area (Å²) >= 11 is 1.58. The van der Waals surface area contributed by atoms with E-state index in [4.69, 9.17) is 0 Å². The fourth-order valence-corrected chi connectivity index (χ4v) is 4.17.